The standard InChI is InChI=1S/C32H35NO8/c1-3-4-20-39-27-15-10-24(11-16-27)26-14-19-30(29(22-26)33(37)38)41-32(36)25-12-17-28(18-13-25)40-21-8-6-5-7-9-23(2)31(34)35/h10-19,22H,2-9,20-21H2,1H3,(H,34,35). The molecule has 0 spiro atoms. The first kappa shape index (κ1) is 30.9. The predicted molar refractivity (Wildman–Crippen MR) is 156 cm³/mol. The highest BCUT2D eigenvalue weighted by molar-refractivity contribution is 5.92. The lowest BCUT2D eigenvalue weighted by Gasteiger charge is -2.10. The minimum absolute atomic E-state index is 0.143. The van der Waals surface area contributed by atoms with Gasteiger partial charge in [-0.1, -0.05) is 51.0 Å². The SMILES string of the molecule is C=C(CCCCCCOc1ccc(C(=O)Oc2ccc(-c3ccc(OCCCC)cc3)cc2[N+](=O)[O-])cc1)C(=O)O. The zero-order valence-corrected chi connectivity index (χ0v) is 23.2. The van der Waals surface area contributed by atoms with Crippen molar-refractivity contribution >= 4 is 17.6 Å². The van der Waals surface area contributed by atoms with Crippen LogP contribution in [0.4, 0.5) is 5.69 Å². The lowest BCUT2D eigenvalue weighted by molar-refractivity contribution is -0.385. The Labute approximate surface area is 239 Å². The number of rotatable bonds is 17. The van der Waals surface area contributed by atoms with Crippen molar-refractivity contribution < 1.29 is 33.8 Å². The first-order chi connectivity index (χ1) is 19.8. The summed E-state index contributed by atoms with van der Waals surface area (Å²) in [5, 5.41) is 20.6. The van der Waals surface area contributed by atoms with Crippen LogP contribution in [0.3, 0.4) is 0 Å². The van der Waals surface area contributed by atoms with Crippen molar-refractivity contribution in [3.8, 4) is 28.4 Å². The Hall–Kier alpha value is -4.66. The molecule has 0 aliphatic heterocycles. The number of hydrogen-bond acceptors (Lipinski definition) is 7. The molecule has 216 valence electrons. The molecule has 0 fully saturated rings. The molecule has 0 saturated carbocycles. The molecule has 0 amide bonds. The van der Waals surface area contributed by atoms with Gasteiger partial charge in [0.25, 0.3) is 0 Å². The molecule has 0 atom stereocenters. The monoisotopic (exact) mass is 561 g/mol. The maximum absolute atomic E-state index is 12.7. The van der Waals surface area contributed by atoms with Crippen LogP contribution in [0.15, 0.2) is 78.9 Å². The van der Waals surface area contributed by atoms with Crippen molar-refractivity contribution in [3.63, 3.8) is 0 Å². The summed E-state index contributed by atoms with van der Waals surface area (Å²) in [6, 6.07) is 18.1. The minimum Gasteiger partial charge on any atom is -0.494 e. The highest BCUT2D eigenvalue weighted by atomic mass is 16.6. The zero-order chi connectivity index (χ0) is 29.6. The second-order valence-electron chi connectivity index (χ2n) is 9.50. The van der Waals surface area contributed by atoms with Crippen molar-refractivity contribution in [3.05, 3.63) is 94.6 Å². The van der Waals surface area contributed by atoms with E-state index in [1.54, 1.807) is 30.3 Å². The Kier molecular flexibility index (Phi) is 11.9. The maximum atomic E-state index is 12.7. The summed E-state index contributed by atoms with van der Waals surface area (Å²) in [5.74, 6) is -0.504. The molecular weight excluding hydrogens is 526 g/mol. The Morgan fingerprint density at radius 3 is 2.02 bits per heavy atom. The molecule has 0 heterocycles. The van der Waals surface area contributed by atoms with Gasteiger partial charge >= 0.3 is 17.6 Å². The van der Waals surface area contributed by atoms with Gasteiger partial charge in [0, 0.05) is 11.6 Å². The number of nitro benzene ring substituents is 1. The predicted octanol–water partition coefficient (Wildman–Crippen LogP) is 7.63. The summed E-state index contributed by atoms with van der Waals surface area (Å²) >= 11 is 0. The number of carboxylic acids is 1. The van der Waals surface area contributed by atoms with Crippen LogP contribution in [-0.4, -0.2) is 35.2 Å². The molecule has 0 aromatic heterocycles. The zero-order valence-electron chi connectivity index (χ0n) is 23.2. The number of carboxylic acid groups (broad SMARTS) is 1. The van der Waals surface area contributed by atoms with E-state index in [4.69, 9.17) is 19.3 Å². The van der Waals surface area contributed by atoms with Crippen LogP contribution < -0.4 is 14.2 Å². The van der Waals surface area contributed by atoms with Gasteiger partial charge in [0.2, 0.25) is 5.75 Å². The van der Waals surface area contributed by atoms with Gasteiger partial charge in [-0.3, -0.25) is 10.1 Å². The number of ether oxygens (including phenoxy) is 3. The van der Waals surface area contributed by atoms with Crippen LogP contribution in [0.1, 0.15) is 62.2 Å². The van der Waals surface area contributed by atoms with Gasteiger partial charge in [0.1, 0.15) is 11.5 Å². The molecule has 0 radical (unpaired) electrons. The fraction of sp³-hybridized carbons (Fsp3) is 0.312. The number of nitrogens with zero attached hydrogens (tertiary/aromatic N) is 1. The number of carbonyl (C=O) groups is 2. The first-order valence-electron chi connectivity index (χ1n) is 13.7. The summed E-state index contributed by atoms with van der Waals surface area (Å²) in [7, 11) is 0. The molecule has 3 rings (SSSR count). The summed E-state index contributed by atoms with van der Waals surface area (Å²) in [6.07, 6.45) is 5.83. The third kappa shape index (κ3) is 9.79. The number of unbranched alkanes of at least 4 members (excludes halogenated alkanes) is 4. The van der Waals surface area contributed by atoms with E-state index in [0.29, 0.717) is 30.9 Å². The highest BCUT2D eigenvalue weighted by Gasteiger charge is 2.20. The van der Waals surface area contributed by atoms with Gasteiger partial charge in [-0.2, -0.15) is 0 Å². The van der Waals surface area contributed by atoms with Crippen LogP contribution in [0.25, 0.3) is 11.1 Å². The Balaban J connectivity index is 1.53. The molecule has 41 heavy (non-hydrogen) atoms. The summed E-state index contributed by atoms with van der Waals surface area (Å²) < 4.78 is 16.8. The van der Waals surface area contributed by atoms with Gasteiger partial charge < -0.3 is 19.3 Å². The lowest BCUT2D eigenvalue weighted by atomic mass is 10.0. The van der Waals surface area contributed by atoms with E-state index in [1.807, 2.05) is 24.3 Å². The quantitative estimate of drug-likeness (QED) is 0.0445. The van der Waals surface area contributed by atoms with Gasteiger partial charge in [0.05, 0.1) is 23.7 Å². The fourth-order valence-electron chi connectivity index (χ4n) is 3.94. The third-order valence-electron chi connectivity index (χ3n) is 6.35. The number of hydrogen-bond donors (Lipinski definition) is 1. The summed E-state index contributed by atoms with van der Waals surface area (Å²) in [5.41, 5.74) is 1.53. The summed E-state index contributed by atoms with van der Waals surface area (Å²) in [4.78, 5) is 34.6. The van der Waals surface area contributed by atoms with Gasteiger partial charge in [-0.25, -0.2) is 9.59 Å². The number of nitro groups is 1. The Morgan fingerprint density at radius 1 is 0.829 bits per heavy atom. The molecule has 0 unspecified atom stereocenters. The molecule has 0 aliphatic rings. The van der Waals surface area contributed by atoms with Gasteiger partial charge in [-0.15, -0.1) is 0 Å². The summed E-state index contributed by atoms with van der Waals surface area (Å²) in [6.45, 7) is 6.72. The number of carbonyl (C=O) groups excluding carboxylic acids is 1. The molecule has 0 aliphatic carbocycles. The molecule has 0 saturated heterocycles. The van der Waals surface area contributed by atoms with Crippen molar-refractivity contribution in [1.29, 1.82) is 0 Å². The Bertz CT molecular complexity index is 1330. The Morgan fingerprint density at radius 2 is 1.41 bits per heavy atom. The molecule has 9 nitrogen and oxygen atoms in total. The fourth-order valence-corrected chi connectivity index (χ4v) is 3.94. The van der Waals surface area contributed by atoms with Crippen LogP contribution in [-0.2, 0) is 4.79 Å². The van der Waals surface area contributed by atoms with Crippen LogP contribution >= 0.6 is 0 Å². The van der Waals surface area contributed by atoms with E-state index in [2.05, 4.69) is 13.5 Å². The van der Waals surface area contributed by atoms with E-state index >= 15 is 0 Å². The van der Waals surface area contributed by atoms with E-state index in [9.17, 15) is 19.7 Å². The van der Waals surface area contributed by atoms with Gasteiger partial charge in [0.15, 0.2) is 0 Å². The van der Waals surface area contributed by atoms with E-state index < -0.39 is 16.9 Å². The molecular formula is C32H35NO8. The van der Waals surface area contributed by atoms with Crippen molar-refractivity contribution in [2.45, 2.75) is 51.9 Å². The average molecular weight is 562 g/mol. The van der Waals surface area contributed by atoms with Crippen LogP contribution in [0.5, 0.6) is 17.2 Å². The second-order valence-corrected chi connectivity index (χ2v) is 9.50. The minimum atomic E-state index is -0.956. The van der Waals surface area contributed by atoms with Crippen molar-refractivity contribution in [2.75, 3.05) is 13.2 Å². The van der Waals surface area contributed by atoms with Crippen LogP contribution in [0, 0.1) is 10.1 Å². The van der Waals surface area contributed by atoms with Gasteiger partial charge in [-0.05, 0) is 79.3 Å². The molecule has 3 aromatic rings. The molecule has 0 bridgehead atoms. The van der Waals surface area contributed by atoms with Crippen LogP contribution in [0.2, 0.25) is 0 Å². The van der Waals surface area contributed by atoms with E-state index in [-0.39, 0.29) is 22.6 Å². The number of esters is 1. The average Bonchev–Trinajstić information content (AvgIpc) is 2.97. The third-order valence-corrected chi connectivity index (χ3v) is 6.35. The molecule has 3 aromatic carbocycles. The smallest absolute Gasteiger partial charge is 0.343 e. The molecule has 1 N–H and O–H groups in total. The topological polar surface area (TPSA) is 125 Å². The first-order valence-corrected chi connectivity index (χ1v) is 13.7. The second kappa shape index (κ2) is 15.8. The molecule has 9 heteroatoms. The maximum Gasteiger partial charge on any atom is 0.343 e. The highest BCUT2D eigenvalue weighted by Crippen LogP contribution is 2.33. The largest absolute Gasteiger partial charge is 0.494 e. The number of benzene rings is 3. The number of aliphatic carboxylic acids is 1. The van der Waals surface area contributed by atoms with Crippen molar-refractivity contribution in [2.24, 2.45) is 0 Å². The van der Waals surface area contributed by atoms with Crippen molar-refractivity contribution in [1.82, 2.24) is 0 Å². The van der Waals surface area contributed by atoms with E-state index in [0.717, 1.165) is 49.8 Å². The van der Waals surface area contributed by atoms with E-state index in [1.165, 1.54) is 12.1 Å². The normalized spacial score (nSPS) is 10.6. The lowest BCUT2D eigenvalue weighted by Crippen LogP contribution is -2.10.